The number of hydrogen-bond donors (Lipinski definition) is 4. The highest BCUT2D eigenvalue weighted by Gasteiger charge is 2.32. The summed E-state index contributed by atoms with van der Waals surface area (Å²) >= 11 is 0. The first-order chi connectivity index (χ1) is 9.97. The van der Waals surface area contributed by atoms with Gasteiger partial charge in [0.25, 0.3) is 0 Å². The van der Waals surface area contributed by atoms with Crippen LogP contribution in [-0.2, 0) is 6.42 Å². The van der Waals surface area contributed by atoms with Gasteiger partial charge in [0.05, 0.1) is 23.9 Å². The standard InChI is InChI=1S/C15H18O6/c16-8-3-1-7(2-4-8)15-14(20)13(19)12-10(18)5-9(17)6-11(12)21-15/h1,8-10,16-18,20H,2-6H2/t8-,9-,10+/m1/s1. The fourth-order valence-electron chi connectivity index (χ4n) is 2.99. The fourth-order valence-corrected chi connectivity index (χ4v) is 2.99. The van der Waals surface area contributed by atoms with Crippen LogP contribution in [0.1, 0.15) is 48.9 Å². The molecule has 1 aromatic heterocycles. The zero-order valence-corrected chi connectivity index (χ0v) is 11.5. The number of aliphatic hydroxyl groups excluding tert-OH is 3. The average molecular weight is 294 g/mol. The molecular formula is C15H18O6. The van der Waals surface area contributed by atoms with Gasteiger partial charge < -0.3 is 24.8 Å². The maximum atomic E-state index is 12.2. The molecule has 2 aliphatic rings. The van der Waals surface area contributed by atoms with E-state index in [1.54, 1.807) is 6.08 Å². The molecule has 0 radical (unpaired) electrons. The quantitative estimate of drug-likeness (QED) is 0.604. The van der Waals surface area contributed by atoms with Crippen LogP contribution in [0.25, 0.3) is 5.57 Å². The SMILES string of the molecule is O=c1c(O)c(C2=CC[C@@H](O)CC2)oc2c1[C@@H](O)C[C@@H](O)C2. The van der Waals surface area contributed by atoms with Crippen LogP contribution in [0, 0.1) is 0 Å². The third kappa shape index (κ3) is 2.50. The Morgan fingerprint density at radius 2 is 1.95 bits per heavy atom. The van der Waals surface area contributed by atoms with Crippen LogP contribution in [0.3, 0.4) is 0 Å². The molecule has 0 aliphatic heterocycles. The van der Waals surface area contributed by atoms with Gasteiger partial charge in [0.2, 0.25) is 11.2 Å². The molecule has 0 saturated carbocycles. The first-order valence-corrected chi connectivity index (χ1v) is 7.09. The molecule has 0 fully saturated rings. The molecule has 6 heteroatoms. The van der Waals surface area contributed by atoms with E-state index in [2.05, 4.69) is 0 Å². The maximum Gasteiger partial charge on any atom is 0.233 e. The van der Waals surface area contributed by atoms with Crippen LogP contribution in [0.2, 0.25) is 0 Å². The second-order valence-electron chi connectivity index (χ2n) is 5.71. The second-order valence-corrected chi connectivity index (χ2v) is 5.71. The van der Waals surface area contributed by atoms with Crippen molar-refractivity contribution in [3.05, 3.63) is 33.4 Å². The lowest BCUT2D eigenvalue weighted by molar-refractivity contribution is 0.0586. The molecule has 0 unspecified atom stereocenters. The molecule has 3 rings (SSSR count). The van der Waals surface area contributed by atoms with Crippen molar-refractivity contribution in [2.24, 2.45) is 0 Å². The van der Waals surface area contributed by atoms with Crippen molar-refractivity contribution < 1.29 is 24.8 Å². The second kappa shape index (κ2) is 5.29. The Morgan fingerprint density at radius 3 is 2.62 bits per heavy atom. The number of aliphatic hydroxyl groups is 3. The molecule has 0 spiro atoms. The number of fused-ring (bicyclic) bond motifs is 1. The summed E-state index contributed by atoms with van der Waals surface area (Å²) < 4.78 is 5.61. The lowest BCUT2D eigenvalue weighted by Crippen LogP contribution is -2.28. The number of hydrogen-bond acceptors (Lipinski definition) is 6. The van der Waals surface area contributed by atoms with Crippen LogP contribution < -0.4 is 5.43 Å². The first-order valence-electron chi connectivity index (χ1n) is 7.09. The summed E-state index contributed by atoms with van der Waals surface area (Å²) in [5.41, 5.74) is 0.0721. The van der Waals surface area contributed by atoms with Gasteiger partial charge in [0.1, 0.15) is 5.76 Å². The monoisotopic (exact) mass is 294 g/mol. The summed E-state index contributed by atoms with van der Waals surface area (Å²) in [6.45, 7) is 0. The van der Waals surface area contributed by atoms with Crippen molar-refractivity contribution in [1.29, 1.82) is 0 Å². The highest BCUT2D eigenvalue weighted by Crippen LogP contribution is 2.36. The van der Waals surface area contributed by atoms with Gasteiger partial charge in [-0.25, -0.2) is 0 Å². The molecule has 0 aromatic carbocycles. The Labute approximate surface area is 121 Å². The lowest BCUT2D eigenvalue weighted by atomic mass is 9.90. The topological polar surface area (TPSA) is 111 Å². The summed E-state index contributed by atoms with van der Waals surface area (Å²) in [6, 6.07) is 0. The zero-order valence-electron chi connectivity index (χ0n) is 11.5. The van der Waals surface area contributed by atoms with Crippen LogP contribution in [0.5, 0.6) is 5.75 Å². The summed E-state index contributed by atoms with van der Waals surface area (Å²) in [5, 5.41) is 39.2. The van der Waals surface area contributed by atoms with Gasteiger partial charge >= 0.3 is 0 Å². The van der Waals surface area contributed by atoms with Crippen molar-refractivity contribution >= 4 is 5.57 Å². The van der Waals surface area contributed by atoms with Crippen LogP contribution in [-0.4, -0.2) is 32.6 Å². The number of rotatable bonds is 1. The first kappa shape index (κ1) is 14.3. The van der Waals surface area contributed by atoms with E-state index in [1.165, 1.54) is 0 Å². The van der Waals surface area contributed by atoms with Gasteiger partial charge in [-0.3, -0.25) is 4.79 Å². The van der Waals surface area contributed by atoms with Gasteiger partial charge in [-0.15, -0.1) is 0 Å². The minimum Gasteiger partial charge on any atom is -0.502 e. The van der Waals surface area contributed by atoms with E-state index in [9.17, 15) is 25.2 Å². The predicted octanol–water partition coefficient (Wildman–Crippen LogP) is 0.614. The third-order valence-corrected chi connectivity index (χ3v) is 4.12. The van der Waals surface area contributed by atoms with Crippen molar-refractivity contribution in [2.45, 2.75) is 50.4 Å². The van der Waals surface area contributed by atoms with Gasteiger partial charge in [-0.05, 0) is 24.8 Å². The van der Waals surface area contributed by atoms with Crippen LogP contribution >= 0.6 is 0 Å². The van der Waals surface area contributed by atoms with E-state index in [1.807, 2.05) is 0 Å². The van der Waals surface area contributed by atoms with Crippen molar-refractivity contribution in [3.8, 4) is 5.75 Å². The average Bonchev–Trinajstić information content (AvgIpc) is 2.43. The Kier molecular flexibility index (Phi) is 3.61. The number of aromatic hydroxyl groups is 1. The molecular weight excluding hydrogens is 276 g/mol. The fraction of sp³-hybridized carbons (Fsp3) is 0.533. The Morgan fingerprint density at radius 1 is 1.19 bits per heavy atom. The predicted molar refractivity (Wildman–Crippen MR) is 73.8 cm³/mol. The van der Waals surface area contributed by atoms with Gasteiger partial charge in [-0.1, -0.05) is 6.08 Å². The molecule has 0 amide bonds. The summed E-state index contributed by atoms with van der Waals surface area (Å²) in [6.07, 6.45) is 1.13. The number of allylic oxidation sites excluding steroid dienone is 1. The van der Waals surface area contributed by atoms with Crippen molar-refractivity contribution in [1.82, 2.24) is 0 Å². The molecule has 0 bridgehead atoms. The Balaban J connectivity index is 2.10. The van der Waals surface area contributed by atoms with E-state index >= 15 is 0 Å². The minimum atomic E-state index is -1.12. The van der Waals surface area contributed by atoms with E-state index in [0.717, 1.165) is 0 Å². The molecule has 3 atom stereocenters. The molecule has 21 heavy (non-hydrogen) atoms. The summed E-state index contributed by atoms with van der Waals surface area (Å²) in [5.74, 6) is -0.190. The largest absolute Gasteiger partial charge is 0.502 e. The molecule has 1 aromatic rings. The summed E-state index contributed by atoms with van der Waals surface area (Å²) in [4.78, 5) is 12.2. The third-order valence-electron chi connectivity index (χ3n) is 4.12. The van der Waals surface area contributed by atoms with E-state index in [0.29, 0.717) is 24.8 Å². The normalized spacial score (nSPS) is 28.9. The highest BCUT2D eigenvalue weighted by atomic mass is 16.4. The van der Waals surface area contributed by atoms with Gasteiger partial charge in [0, 0.05) is 12.8 Å². The zero-order chi connectivity index (χ0) is 15.1. The van der Waals surface area contributed by atoms with Crippen molar-refractivity contribution in [3.63, 3.8) is 0 Å². The van der Waals surface area contributed by atoms with Gasteiger partial charge in [0.15, 0.2) is 5.76 Å². The van der Waals surface area contributed by atoms with E-state index < -0.39 is 29.5 Å². The van der Waals surface area contributed by atoms with E-state index in [4.69, 9.17) is 4.42 Å². The Bertz CT molecular complexity index is 644. The molecule has 6 nitrogen and oxygen atoms in total. The molecule has 114 valence electrons. The maximum absolute atomic E-state index is 12.2. The molecule has 4 N–H and O–H groups in total. The highest BCUT2D eigenvalue weighted by molar-refractivity contribution is 5.67. The minimum absolute atomic E-state index is 0.0398. The van der Waals surface area contributed by atoms with E-state index in [-0.39, 0.29) is 29.9 Å². The molecule has 2 aliphatic carbocycles. The Hall–Kier alpha value is -1.63. The lowest BCUT2D eigenvalue weighted by Gasteiger charge is -2.25. The van der Waals surface area contributed by atoms with Gasteiger partial charge in [-0.2, -0.15) is 0 Å². The van der Waals surface area contributed by atoms with Crippen LogP contribution in [0.4, 0.5) is 0 Å². The van der Waals surface area contributed by atoms with Crippen LogP contribution in [0.15, 0.2) is 15.3 Å². The summed E-state index contributed by atoms with van der Waals surface area (Å²) in [7, 11) is 0. The smallest absolute Gasteiger partial charge is 0.233 e. The molecule has 0 saturated heterocycles. The van der Waals surface area contributed by atoms with Crippen molar-refractivity contribution in [2.75, 3.05) is 0 Å². The molecule has 1 heterocycles.